The third kappa shape index (κ3) is 3.70. The molecule has 0 aliphatic heterocycles. The summed E-state index contributed by atoms with van der Waals surface area (Å²) in [6, 6.07) is 4.78. The highest BCUT2D eigenvalue weighted by Gasteiger charge is 2.23. The van der Waals surface area contributed by atoms with Crippen LogP contribution in [0.1, 0.15) is 35.2 Å². The van der Waals surface area contributed by atoms with Gasteiger partial charge in [-0.2, -0.15) is 11.8 Å². The minimum absolute atomic E-state index is 0.271. The predicted octanol–water partition coefficient (Wildman–Crippen LogP) is 2.90. The molecule has 1 saturated carbocycles. The summed E-state index contributed by atoms with van der Waals surface area (Å²) in [6.07, 6.45) is 5.66. The topological polar surface area (TPSA) is 49.3 Å². The Balaban J connectivity index is 1.90. The first kappa shape index (κ1) is 14.3. The number of hydrogen-bond acceptors (Lipinski definition) is 3. The smallest absolute Gasteiger partial charge is 0.338 e. The fraction of sp³-hybridized carbons (Fsp3) is 0.500. The molecule has 0 amide bonds. The highest BCUT2D eigenvalue weighted by Crippen LogP contribution is 2.28. The molecule has 3 nitrogen and oxygen atoms in total. The molecule has 1 aromatic carbocycles. The molecule has 19 heavy (non-hydrogen) atoms. The van der Waals surface area contributed by atoms with Crippen molar-refractivity contribution in [2.45, 2.75) is 37.1 Å². The Labute approximate surface area is 116 Å². The number of carboxylic acid groups (broad SMARTS) is 1. The van der Waals surface area contributed by atoms with Gasteiger partial charge in [-0.05, 0) is 43.2 Å². The number of benzene rings is 1. The number of rotatable bonds is 5. The van der Waals surface area contributed by atoms with E-state index in [-0.39, 0.29) is 5.56 Å². The zero-order valence-electron chi connectivity index (χ0n) is 10.9. The Morgan fingerprint density at radius 1 is 1.53 bits per heavy atom. The van der Waals surface area contributed by atoms with Gasteiger partial charge in [0.15, 0.2) is 0 Å². The molecule has 1 aromatic rings. The van der Waals surface area contributed by atoms with Crippen LogP contribution in [0.4, 0.5) is 4.39 Å². The van der Waals surface area contributed by atoms with Crippen LogP contribution >= 0.6 is 11.8 Å². The molecule has 0 bridgehead atoms. The van der Waals surface area contributed by atoms with Crippen molar-refractivity contribution in [3.8, 4) is 0 Å². The van der Waals surface area contributed by atoms with E-state index in [1.807, 2.05) is 11.8 Å². The van der Waals surface area contributed by atoms with Crippen LogP contribution in [0.5, 0.6) is 0 Å². The first-order valence-electron chi connectivity index (χ1n) is 6.38. The Hall–Kier alpha value is -1.07. The van der Waals surface area contributed by atoms with Crippen LogP contribution in [0, 0.1) is 5.82 Å². The number of thioether (sulfide) groups is 1. The minimum atomic E-state index is -1.23. The minimum Gasteiger partial charge on any atom is -0.478 e. The zero-order valence-corrected chi connectivity index (χ0v) is 11.7. The highest BCUT2D eigenvalue weighted by atomic mass is 32.2. The number of aromatic carboxylic acids is 1. The molecule has 0 saturated heterocycles. The average Bonchev–Trinajstić information content (AvgIpc) is 2.84. The molecule has 2 rings (SSSR count). The van der Waals surface area contributed by atoms with E-state index >= 15 is 0 Å². The van der Waals surface area contributed by atoms with Crippen molar-refractivity contribution in [1.29, 1.82) is 0 Å². The maximum Gasteiger partial charge on any atom is 0.338 e. The second kappa shape index (κ2) is 6.39. The Morgan fingerprint density at radius 3 is 2.89 bits per heavy atom. The van der Waals surface area contributed by atoms with Crippen LogP contribution in [0.15, 0.2) is 18.2 Å². The van der Waals surface area contributed by atoms with Crippen molar-refractivity contribution in [2.75, 3.05) is 6.26 Å². The molecule has 0 aromatic heterocycles. The van der Waals surface area contributed by atoms with Crippen molar-refractivity contribution in [3.05, 3.63) is 35.1 Å². The Bertz CT molecular complexity index is 467. The molecule has 1 fully saturated rings. The maximum atomic E-state index is 13.5. The van der Waals surface area contributed by atoms with Crippen LogP contribution in [-0.2, 0) is 6.54 Å². The van der Waals surface area contributed by atoms with E-state index in [9.17, 15) is 9.18 Å². The van der Waals surface area contributed by atoms with Crippen molar-refractivity contribution >= 4 is 17.7 Å². The van der Waals surface area contributed by atoms with Gasteiger partial charge in [0.25, 0.3) is 0 Å². The number of halogens is 1. The summed E-state index contributed by atoms with van der Waals surface area (Å²) in [5, 5.41) is 12.9. The standard InChI is InChI=1S/C14H18FNO2S/c1-19-11-4-3-10(7-11)16-8-9-2-5-12(14(17)18)13(15)6-9/h2,5-6,10-11,16H,3-4,7-8H2,1H3,(H,17,18). The molecule has 0 heterocycles. The van der Waals surface area contributed by atoms with Crippen molar-refractivity contribution in [1.82, 2.24) is 5.32 Å². The first-order valence-corrected chi connectivity index (χ1v) is 7.67. The average molecular weight is 283 g/mol. The van der Waals surface area contributed by atoms with Crippen LogP contribution in [0.2, 0.25) is 0 Å². The number of carboxylic acids is 1. The Kier molecular flexibility index (Phi) is 4.82. The highest BCUT2D eigenvalue weighted by molar-refractivity contribution is 7.99. The van der Waals surface area contributed by atoms with E-state index in [1.165, 1.54) is 18.6 Å². The van der Waals surface area contributed by atoms with E-state index in [0.29, 0.717) is 12.6 Å². The van der Waals surface area contributed by atoms with E-state index in [2.05, 4.69) is 11.6 Å². The van der Waals surface area contributed by atoms with Crippen molar-refractivity contribution in [3.63, 3.8) is 0 Å². The molecule has 104 valence electrons. The van der Waals surface area contributed by atoms with Gasteiger partial charge in [0, 0.05) is 17.8 Å². The van der Waals surface area contributed by atoms with Gasteiger partial charge in [0.1, 0.15) is 5.82 Å². The second-order valence-corrected chi connectivity index (χ2v) is 6.01. The van der Waals surface area contributed by atoms with Gasteiger partial charge in [0.2, 0.25) is 0 Å². The summed E-state index contributed by atoms with van der Waals surface area (Å²) in [7, 11) is 0. The molecule has 0 radical (unpaired) electrons. The maximum absolute atomic E-state index is 13.5. The molecule has 2 unspecified atom stereocenters. The SMILES string of the molecule is CSC1CCC(NCc2ccc(C(=O)O)c(F)c2)C1. The van der Waals surface area contributed by atoms with Gasteiger partial charge in [0.05, 0.1) is 5.56 Å². The number of nitrogens with one attached hydrogen (secondary N) is 1. The van der Waals surface area contributed by atoms with Gasteiger partial charge >= 0.3 is 5.97 Å². The molecule has 1 aliphatic rings. The lowest BCUT2D eigenvalue weighted by Gasteiger charge is -2.13. The second-order valence-electron chi connectivity index (χ2n) is 4.87. The van der Waals surface area contributed by atoms with Crippen LogP contribution in [-0.4, -0.2) is 28.6 Å². The number of carbonyl (C=O) groups is 1. The van der Waals surface area contributed by atoms with E-state index in [1.54, 1.807) is 6.07 Å². The lowest BCUT2D eigenvalue weighted by atomic mass is 10.1. The van der Waals surface area contributed by atoms with Crippen LogP contribution in [0.3, 0.4) is 0 Å². The molecule has 5 heteroatoms. The largest absolute Gasteiger partial charge is 0.478 e. The summed E-state index contributed by atoms with van der Waals surface area (Å²) in [4.78, 5) is 10.7. The molecule has 2 N–H and O–H groups in total. The summed E-state index contributed by atoms with van der Waals surface area (Å²) in [6.45, 7) is 0.586. The summed E-state index contributed by atoms with van der Waals surface area (Å²) in [5.41, 5.74) is 0.516. The predicted molar refractivity (Wildman–Crippen MR) is 75.1 cm³/mol. The first-order chi connectivity index (χ1) is 9.10. The van der Waals surface area contributed by atoms with E-state index in [0.717, 1.165) is 23.7 Å². The van der Waals surface area contributed by atoms with Gasteiger partial charge < -0.3 is 10.4 Å². The van der Waals surface area contributed by atoms with E-state index in [4.69, 9.17) is 5.11 Å². The summed E-state index contributed by atoms with van der Waals surface area (Å²) < 4.78 is 13.5. The van der Waals surface area contributed by atoms with Crippen LogP contribution < -0.4 is 5.32 Å². The fourth-order valence-corrected chi connectivity index (χ4v) is 3.24. The normalized spacial score (nSPS) is 22.6. The fourth-order valence-electron chi connectivity index (χ4n) is 2.44. The summed E-state index contributed by atoms with van der Waals surface area (Å²) in [5.74, 6) is -1.89. The molecular weight excluding hydrogens is 265 g/mol. The lowest BCUT2D eigenvalue weighted by Crippen LogP contribution is -2.26. The lowest BCUT2D eigenvalue weighted by molar-refractivity contribution is 0.0692. The van der Waals surface area contributed by atoms with Gasteiger partial charge in [-0.25, -0.2) is 9.18 Å². The summed E-state index contributed by atoms with van der Waals surface area (Å²) >= 11 is 1.90. The third-order valence-corrected chi connectivity index (χ3v) is 4.67. The van der Waals surface area contributed by atoms with Crippen LogP contribution in [0.25, 0.3) is 0 Å². The molecule has 1 aliphatic carbocycles. The Morgan fingerprint density at radius 2 is 2.32 bits per heavy atom. The van der Waals surface area contributed by atoms with Gasteiger partial charge in [-0.3, -0.25) is 0 Å². The molecular formula is C14H18FNO2S. The monoisotopic (exact) mass is 283 g/mol. The third-order valence-electron chi connectivity index (χ3n) is 3.58. The quantitative estimate of drug-likeness (QED) is 0.872. The van der Waals surface area contributed by atoms with Crippen molar-refractivity contribution in [2.24, 2.45) is 0 Å². The molecule has 0 spiro atoms. The number of hydrogen-bond donors (Lipinski definition) is 2. The zero-order chi connectivity index (χ0) is 13.8. The van der Waals surface area contributed by atoms with Gasteiger partial charge in [-0.15, -0.1) is 0 Å². The van der Waals surface area contributed by atoms with Gasteiger partial charge in [-0.1, -0.05) is 6.07 Å². The molecule has 2 atom stereocenters. The van der Waals surface area contributed by atoms with E-state index < -0.39 is 11.8 Å². The van der Waals surface area contributed by atoms with Crippen molar-refractivity contribution < 1.29 is 14.3 Å².